The Labute approximate surface area is 121 Å². The third-order valence-corrected chi connectivity index (χ3v) is 3.51. The number of pyridine rings is 1. The lowest BCUT2D eigenvalue weighted by Crippen LogP contribution is -2.37. The van der Waals surface area contributed by atoms with Crippen LogP contribution in [0.4, 0.5) is 0 Å². The fraction of sp³-hybridized carbons (Fsp3) is 0.353. The summed E-state index contributed by atoms with van der Waals surface area (Å²) in [6.07, 6.45) is 3.71. The van der Waals surface area contributed by atoms with E-state index in [1.165, 1.54) is 16.7 Å². The number of hydrogen-bond donors (Lipinski definition) is 1. The Morgan fingerprint density at radius 2 is 2.05 bits per heavy atom. The molecule has 20 heavy (non-hydrogen) atoms. The van der Waals surface area contributed by atoms with E-state index in [4.69, 9.17) is 5.73 Å². The van der Waals surface area contributed by atoms with E-state index in [0.29, 0.717) is 0 Å². The second kappa shape index (κ2) is 6.64. The molecule has 0 aliphatic carbocycles. The Hall–Kier alpha value is -1.71. The molecule has 1 heterocycles. The number of nitrogens with two attached hydrogens (primary N) is 1. The minimum atomic E-state index is 0.0680. The van der Waals surface area contributed by atoms with Crippen LogP contribution in [0.1, 0.15) is 29.7 Å². The molecule has 3 nitrogen and oxygen atoms in total. The van der Waals surface area contributed by atoms with Crippen LogP contribution in [0.2, 0.25) is 0 Å². The van der Waals surface area contributed by atoms with Crippen molar-refractivity contribution in [2.75, 3.05) is 7.05 Å². The van der Waals surface area contributed by atoms with Crippen molar-refractivity contribution in [1.29, 1.82) is 0 Å². The van der Waals surface area contributed by atoms with Crippen LogP contribution >= 0.6 is 0 Å². The zero-order chi connectivity index (χ0) is 14.5. The maximum Gasteiger partial charge on any atom is 0.0497 e. The number of benzene rings is 1. The van der Waals surface area contributed by atoms with Gasteiger partial charge in [0.25, 0.3) is 0 Å². The first-order chi connectivity index (χ1) is 9.58. The molecule has 2 aromatic rings. The van der Waals surface area contributed by atoms with Crippen LogP contribution in [-0.2, 0) is 6.54 Å². The lowest BCUT2D eigenvalue weighted by molar-refractivity contribution is 0.210. The van der Waals surface area contributed by atoms with Crippen molar-refractivity contribution in [1.82, 2.24) is 9.88 Å². The summed E-state index contributed by atoms with van der Waals surface area (Å²) in [5, 5.41) is 0. The number of aryl methyl sites for hydroxylation is 1. The molecule has 0 saturated carbocycles. The van der Waals surface area contributed by atoms with Crippen molar-refractivity contribution in [3.63, 3.8) is 0 Å². The normalized spacial score (nSPS) is 14.2. The van der Waals surface area contributed by atoms with E-state index in [2.05, 4.69) is 61.1 Å². The van der Waals surface area contributed by atoms with Crippen LogP contribution in [0, 0.1) is 6.92 Å². The molecule has 0 aliphatic rings. The van der Waals surface area contributed by atoms with Gasteiger partial charge in [0.2, 0.25) is 0 Å². The Bertz CT molecular complexity index is 537. The highest BCUT2D eigenvalue weighted by molar-refractivity contribution is 5.26. The standard InChI is InChI=1S/C17H23N3/c1-13-6-4-8-16(10-13)17(14(2)18)20(3)12-15-7-5-9-19-11-15/h4-11,14,17H,12,18H2,1-3H3. The van der Waals surface area contributed by atoms with Gasteiger partial charge in [0.05, 0.1) is 0 Å². The third-order valence-electron chi connectivity index (χ3n) is 3.51. The van der Waals surface area contributed by atoms with Crippen molar-refractivity contribution in [2.24, 2.45) is 5.73 Å². The number of aromatic nitrogens is 1. The molecule has 0 fully saturated rings. The number of likely N-dealkylation sites (N-methyl/N-ethyl adjacent to an activating group) is 1. The summed E-state index contributed by atoms with van der Waals surface area (Å²) in [6, 6.07) is 12.9. The second-order valence-electron chi connectivity index (χ2n) is 5.49. The molecule has 0 bridgehead atoms. The van der Waals surface area contributed by atoms with Gasteiger partial charge in [0.1, 0.15) is 0 Å². The molecule has 1 aromatic carbocycles. The van der Waals surface area contributed by atoms with Gasteiger partial charge in [0.15, 0.2) is 0 Å². The average Bonchev–Trinajstić information content (AvgIpc) is 2.39. The summed E-state index contributed by atoms with van der Waals surface area (Å²) in [4.78, 5) is 6.46. The van der Waals surface area contributed by atoms with Gasteiger partial charge in [-0.2, -0.15) is 0 Å². The largest absolute Gasteiger partial charge is 0.326 e. The van der Waals surface area contributed by atoms with Gasteiger partial charge < -0.3 is 5.73 Å². The highest BCUT2D eigenvalue weighted by atomic mass is 15.1. The zero-order valence-electron chi connectivity index (χ0n) is 12.5. The molecule has 0 spiro atoms. The quantitative estimate of drug-likeness (QED) is 0.907. The lowest BCUT2D eigenvalue weighted by atomic mass is 9.97. The van der Waals surface area contributed by atoms with Crippen LogP contribution < -0.4 is 5.73 Å². The van der Waals surface area contributed by atoms with Crippen LogP contribution in [0.25, 0.3) is 0 Å². The number of rotatable bonds is 5. The number of nitrogens with zero attached hydrogens (tertiary/aromatic N) is 2. The second-order valence-corrected chi connectivity index (χ2v) is 5.49. The minimum absolute atomic E-state index is 0.0680. The van der Waals surface area contributed by atoms with E-state index in [1.54, 1.807) is 6.20 Å². The molecule has 2 rings (SSSR count). The topological polar surface area (TPSA) is 42.1 Å². The molecule has 0 saturated heterocycles. The first-order valence-corrected chi connectivity index (χ1v) is 6.99. The predicted octanol–water partition coefficient (Wildman–Crippen LogP) is 2.91. The summed E-state index contributed by atoms with van der Waals surface area (Å²) in [5.74, 6) is 0. The van der Waals surface area contributed by atoms with E-state index >= 15 is 0 Å². The molecular weight excluding hydrogens is 246 g/mol. The summed E-state index contributed by atoms with van der Waals surface area (Å²) in [5.41, 5.74) is 9.95. The monoisotopic (exact) mass is 269 g/mol. The zero-order valence-corrected chi connectivity index (χ0v) is 12.5. The van der Waals surface area contributed by atoms with Crippen LogP contribution in [0.3, 0.4) is 0 Å². The molecule has 3 heteroatoms. The van der Waals surface area contributed by atoms with Crippen LogP contribution in [0.5, 0.6) is 0 Å². The van der Waals surface area contributed by atoms with E-state index in [0.717, 1.165) is 6.54 Å². The molecular formula is C17H23N3. The fourth-order valence-corrected chi connectivity index (χ4v) is 2.69. The van der Waals surface area contributed by atoms with Gasteiger partial charge in [-0.05, 0) is 38.1 Å². The van der Waals surface area contributed by atoms with Crippen LogP contribution in [-0.4, -0.2) is 23.0 Å². The molecule has 0 radical (unpaired) electrons. The molecule has 2 atom stereocenters. The molecule has 1 aromatic heterocycles. The molecule has 2 unspecified atom stereocenters. The van der Waals surface area contributed by atoms with E-state index < -0.39 is 0 Å². The summed E-state index contributed by atoms with van der Waals surface area (Å²) < 4.78 is 0. The van der Waals surface area contributed by atoms with Gasteiger partial charge in [0, 0.05) is 31.0 Å². The Morgan fingerprint density at radius 3 is 2.65 bits per heavy atom. The predicted molar refractivity (Wildman–Crippen MR) is 83.3 cm³/mol. The van der Waals surface area contributed by atoms with Gasteiger partial charge >= 0.3 is 0 Å². The average molecular weight is 269 g/mol. The molecule has 0 amide bonds. The van der Waals surface area contributed by atoms with Crippen LogP contribution in [0.15, 0.2) is 48.8 Å². The minimum Gasteiger partial charge on any atom is -0.326 e. The maximum absolute atomic E-state index is 6.22. The first-order valence-electron chi connectivity index (χ1n) is 6.99. The molecule has 0 aliphatic heterocycles. The smallest absolute Gasteiger partial charge is 0.0497 e. The highest BCUT2D eigenvalue weighted by Crippen LogP contribution is 2.24. The van der Waals surface area contributed by atoms with Crippen molar-refractivity contribution in [3.8, 4) is 0 Å². The van der Waals surface area contributed by atoms with Gasteiger partial charge in [-0.15, -0.1) is 0 Å². The summed E-state index contributed by atoms with van der Waals surface area (Å²) in [6.45, 7) is 5.02. The van der Waals surface area contributed by atoms with Crippen molar-refractivity contribution in [3.05, 3.63) is 65.5 Å². The van der Waals surface area contributed by atoms with Gasteiger partial charge in [-0.25, -0.2) is 0 Å². The van der Waals surface area contributed by atoms with Crippen molar-refractivity contribution in [2.45, 2.75) is 32.5 Å². The molecule has 106 valence electrons. The number of hydrogen-bond acceptors (Lipinski definition) is 3. The first kappa shape index (κ1) is 14.7. The van der Waals surface area contributed by atoms with Crippen molar-refractivity contribution < 1.29 is 0 Å². The van der Waals surface area contributed by atoms with E-state index in [-0.39, 0.29) is 12.1 Å². The van der Waals surface area contributed by atoms with E-state index in [9.17, 15) is 0 Å². The highest BCUT2D eigenvalue weighted by Gasteiger charge is 2.21. The van der Waals surface area contributed by atoms with Crippen molar-refractivity contribution >= 4 is 0 Å². The molecule has 2 N–H and O–H groups in total. The maximum atomic E-state index is 6.22. The Kier molecular flexibility index (Phi) is 4.88. The lowest BCUT2D eigenvalue weighted by Gasteiger charge is -2.31. The third kappa shape index (κ3) is 3.65. The SMILES string of the molecule is Cc1cccc(C(C(C)N)N(C)Cc2cccnc2)c1. The van der Waals surface area contributed by atoms with Gasteiger partial charge in [-0.3, -0.25) is 9.88 Å². The van der Waals surface area contributed by atoms with E-state index in [1.807, 2.05) is 12.3 Å². The fourth-order valence-electron chi connectivity index (χ4n) is 2.69. The Morgan fingerprint density at radius 1 is 1.25 bits per heavy atom. The Balaban J connectivity index is 2.20. The summed E-state index contributed by atoms with van der Waals surface area (Å²) in [7, 11) is 2.11. The van der Waals surface area contributed by atoms with Gasteiger partial charge in [-0.1, -0.05) is 35.9 Å². The summed E-state index contributed by atoms with van der Waals surface area (Å²) >= 11 is 0.